The highest BCUT2D eigenvalue weighted by Gasteiger charge is 2.62. The normalized spacial score (nSPS) is 38.6. The number of rotatable bonds is 4. The second-order valence-corrected chi connectivity index (χ2v) is 5.74. The van der Waals surface area contributed by atoms with Crippen molar-refractivity contribution in [2.75, 3.05) is 7.11 Å². The number of carbonyl (C=O) groups excluding carboxylic acids is 2. The highest BCUT2D eigenvalue weighted by molar-refractivity contribution is 6.02. The van der Waals surface area contributed by atoms with E-state index in [0.717, 1.165) is 25.7 Å². The zero-order valence-electron chi connectivity index (χ0n) is 11.3. The van der Waals surface area contributed by atoms with Gasteiger partial charge in [-0.05, 0) is 42.9 Å². The highest BCUT2D eigenvalue weighted by atomic mass is 16.5. The van der Waals surface area contributed by atoms with Gasteiger partial charge in [-0.1, -0.05) is 13.0 Å². The topological polar surface area (TPSA) is 43.4 Å². The number of hydrogen-bond donors (Lipinski definition) is 0. The van der Waals surface area contributed by atoms with Crippen LogP contribution in [0.1, 0.15) is 39.0 Å². The van der Waals surface area contributed by atoms with Gasteiger partial charge in [0.2, 0.25) is 0 Å². The highest BCUT2D eigenvalue weighted by Crippen LogP contribution is 2.61. The minimum Gasteiger partial charge on any atom is -0.468 e. The lowest BCUT2D eigenvalue weighted by molar-refractivity contribution is -0.154. The average Bonchev–Trinajstić information content (AvgIpc) is 2.81. The van der Waals surface area contributed by atoms with Crippen molar-refractivity contribution in [2.24, 2.45) is 23.2 Å². The van der Waals surface area contributed by atoms with Crippen LogP contribution >= 0.6 is 0 Å². The maximum absolute atomic E-state index is 12.2. The molecule has 3 heteroatoms. The smallest absolute Gasteiger partial charge is 0.316 e. The molecular weight excluding hydrogens is 228 g/mol. The number of esters is 1. The maximum Gasteiger partial charge on any atom is 0.316 e. The molecule has 2 aliphatic carbocycles. The molecule has 0 bridgehead atoms. The Morgan fingerprint density at radius 3 is 2.89 bits per heavy atom. The molecule has 0 aromatic rings. The molecule has 0 aromatic heterocycles. The Balaban J connectivity index is 2.38. The average molecular weight is 250 g/mol. The fourth-order valence-electron chi connectivity index (χ4n) is 4.28. The van der Waals surface area contributed by atoms with E-state index in [2.05, 4.69) is 13.5 Å². The molecule has 3 nitrogen and oxygen atoms in total. The quantitative estimate of drug-likeness (QED) is 0.438. The van der Waals surface area contributed by atoms with Crippen LogP contribution in [0.5, 0.6) is 0 Å². The number of methoxy groups -OCH3 is 1. The number of hydrogen-bond acceptors (Lipinski definition) is 3. The van der Waals surface area contributed by atoms with Gasteiger partial charge in [0.05, 0.1) is 7.11 Å². The van der Waals surface area contributed by atoms with Gasteiger partial charge in [-0.3, -0.25) is 9.59 Å². The lowest BCUT2D eigenvalue weighted by atomic mass is 9.65. The lowest BCUT2D eigenvalue weighted by Crippen LogP contribution is -2.40. The van der Waals surface area contributed by atoms with Crippen LogP contribution in [0.25, 0.3) is 0 Å². The summed E-state index contributed by atoms with van der Waals surface area (Å²) in [5.41, 5.74) is -0.168. The van der Waals surface area contributed by atoms with Gasteiger partial charge in [0, 0.05) is 6.42 Å². The van der Waals surface area contributed by atoms with Gasteiger partial charge >= 0.3 is 5.97 Å². The molecule has 0 spiro atoms. The van der Waals surface area contributed by atoms with Gasteiger partial charge in [0.25, 0.3) is 0 Å². The molecule has 0 N–H and O–H groups in total. The van der Waals surface area contributed by atoms with E-state index in [-0.39, 0.29) is 17.2 Å². The third kappa shape index (κ3) is 1.72. The fourth-order valence-corrected chi connectivity index (χ4v) is 4.28. The maximum atomic E-state index is 12.2. The second-order valence-electron chi connectivity index (χ2n) is 5.74. The summed E-state index contributed by atoms with van der Waals surface area (Å²) < 4.78 is 4.88. The van der Waals surface area contributed by atoms with Crippen LogP contribution in [0.2, 0.25) is 0 Å². The fraction of sp³-hybridized carbons (Fsp3) is 0.733. The van der Waals surface area contributed by atoms with E-state index in [4.69, 9.17) is 4.74 Å². The number of ketones is 1. The SMILES string of the molecule is C=CCC[C@]12C(C)CC[C@H]1CC(=O)C2C(=O)OC. The van der Waals surface area contributed by atoms with E-state index in [1.807, 2.05) is 6.08 Å². The second kappa shape index (κ2) is 4.87. The van der Waals surface area contributed by atoms with Gasteiger partial charge in [-0.15, -0.1) is 6.58 Å². The van der Waals surface area contributed by atoms with Crippen LogP contribution in [0, 0.1) is 23.2 Å². The molecule has 100 valence electrons. The number of ether oxygens (including phenoxy) is 1. The van der Waals surface area contributed by atoms with Gasteiger partial charge in [0.15, 0.2) is 0 Å². The first-order valence-corrected chi connectivity index (χ1v) is 6.79. The number of allylic oxidation sites excluding steroid dienone is 1. The van der Waals surface area contributed by atoms with E-state index in [9.17, 15) is 9.59 Å². The van der Waals surface area contributed by atoms with E-state index < -0.39 is 5.92 Å². The molecule has 2 saturated carbocycles. The molecule has 0 amide bonds. The minimum absolute atomic E-state index is 0.0856. The molecule has 2 fully saturated rings. The predicted octanol–water partition coefficient (Wildman–Crippen LogP) is 2.75. The van der Waals surface area contributed by atoms with Crippen molar-refractivity contribution in [3.63, 3.8) is 0 Å². The van der Waals surface area contributed by atoms with Crippen molar-refractivity contribution in [1.82, 2.24) is 0 Å². The third-order valence-corrected chi connectivity index (χ3v) is 5.15. The monoisotopic (exact) mass is 250 g/mol. The Kier molecular flexibility index (Phi) is 3.60. The summed E-state index contributed by atoms with van der Waals surface area (Å²) in [6.07, 6.45) is 6.37. The first-order valence-electron chi connectivity index (χ1n) is 6.79. The van der Waals surface area contributed by atoms with Crippen molar-refractivity contribution in [1.29, 1.82) is 0 Å². The van der Waals surface area contributed by atoms with Crippen molar-refractivity contribution in [3.8, 4) is 0 Å². The van der Waals surface area contributed by atoms with Gasteiger partial charge in [-0.25, -0.2) is 0 Å². The first-order chi connectivity index (χ1) is 8.57. The van der Waals surface area contributed by atoms with Crippen LogP contribution in [-0.2, 0) is 14.3 Å². The minimum atomic E-state index is -0.537. The molecule has 0 radical (unpaired) electrons. The zero-order chi connectivity index (χ0) is 13.3. The van der Waals surface area contributed by atoms with Gasteiger partial charge in [0.1, 0.15) is 11.7 Å². The number of carbonyl (C=O) groups is 2. The summed E-state index contributed by atoms with van der Waals surface area (Å²) >= 11 is 0. The van der Waals surface area contributed by atoms with Crippen molar-refractivity contribution in [3.05, 3.63) is 12.7 Å². The van der Waals surface area contributed by atoms with E-state index in [1.54, 1.807) is 0 Å². The molecule has 0 saturated heterocycles. The molecule has 0 heterocycles. The van der Waals surface area contributed by atoms with Crippen LogP contribution < -0.4 is 0 Å². The molecule has 2 unspecified atom stereocenters. The summed E-state index contributed by atoms with van der Waals surface area (Å²) in [5.74, 6) is -0.00484. The largest absolute Gasteiger partial charge is 0.468 e. The van der Waals surface area contributed by atoms with E-state index in [1.165, 1.54) is 7.11 Å². The summed E-state index contributed by atoms with van der Waals surface area (Å²) in [4.78, 5) is 24.2. The zero-order valence-corrected chi connectivity index (χ0v) is 11.3. The first kappa shape index (κ1) is 13.3. The van der Waals surface area contributed by atoms with Crippen molar-refractivity contribution >= 4 is 11.8 Å². The Bertz CT molecular complexity index is 366. The van der Waals surface area contributed by atoms with Gasteiger partial charge < -0.3 is 4.74 Å². The molecule has 4 atom stereocenters. The van der Waals surface area contributed by atoms with Crippen LogP contribution in [0.3, 0.4) is 0 Å². The van der Waals surface area contributed by atoms with Crippen molar-refractivity contribution < 1.29 is 14.3 Å². The van der Waals surface area contributed by atoms with Crippen LogP contribution in [0.4, 0.5) is 0 Å². The Morgan fingerprint density at radius 2 is 2.28 bits per heavy atom. The Morgan fingerprint density at radius 1 is 1.56 bits per heavy atom. The Labute approximate surface area is 109 Å². The number of fused-ring (bicyclic) bond motifs is 1. The molecule has 0 aliphatic heterocycles. The van der Waals surface area contributed by atoms with Gasteiger partial charge in [-0.2, -0.15) is 0 Å². The van der Waals surface area contributed by atoms with Crippen LogP contribution in [0.15, 0.2) is 12.7 Å². The summed E-state index contributed by atoms with van der Waals surface area (Å²) in [7, 11) is 1.38. The molecule has 18 heavy (non-hydrogen) atoms. The standard InChI is InChI=1S/C15H22O3/c1-4-5-8-15-10(2)6-7-11(15)9-12(16)13(15)14(17)18-3/h4,10-11,13H,1,5-9H2,2-3H3/t10?,11-,13?,15-/m0/s1. The molecular formula is C15H22O3. The number of Topliss-reactive ketones (excluding diaryl/α,β-unsaturated/α-hetero) is 1. The third-order valence-electron chi connectivity index (χ3n) is 5.15. The molecule has 2 aliphatic rings. The summed E-state index contributed by atoms with van der Waals surface area (Å²) in [5, 5.41) is 0. The lowest BCUT2D eigenvalue weighted by Gasteiger charge is -2.37. The van der Waals surface area contributed by atoms with E-state index >= 15 is 0 Å². The molecule has 2 rings (SSSR count). The predicted molar refractivity (Wildman–Crippen MR) is 68.9 cm³/mol. The van der Waals surface area contributed by atoms with E-state index in [0.29, 0.717) is 18.3 Å². The summed E-state index contributed by atoms with van der Waals surface area (Å²) in [6.45, 7) is 5.94. The Hall–Kier alpha value is -1.12. The van der Waals surface area contributed by atoms with Crippen molar-refractivity contribution in [2.45, 2.75) is 39.0 Å². The van der Waals surface area contributed by atoms with Crippen LogP contribution in [-0.4, -0.2) is 18.9 Å². The molecule has 0 aromatic carbocycles. The summed E-state index contributed by atoms with van der Waals surface area (Å²) in [6, 6.07) is 0.